The van der Waals surface area contributed by atoms with E-state index in [1.165, 1.54) is 31.2 Å². The van der Waals surface area contributed by atoms with E-state index in [1.54, 1.807) is 14.2 Å². The highest BCUT2D eigenvalue weighted by Crippen LogP contribution is 2.36. The fourth-order valence-corrected chi connectivity index (χ4v) is 6.68. The van der Waals surface area contributed by atoms with E-state index in [4.69, 9.17) is 18.9 Å². The lowest BCUT2D eigenvalue weighted by Crippen LogP contribution is -2.50. The highest BCUT2D eigenvalue weighted by atomic mass is 16.5. The molecule has 0 unspecified atom stereocenters. The molecule has 0 bridgehead atoms. The molecule has 1 aliphatic carbocycles. The topological polar surface area (TPSA) is 81.3 Å². The molecule has 2 N–H and O–H groups in total. The predicted molar refractivity (Wildman–Crippen MR) is 161 cm³/mol. The molecule has 41 heavy (non-hydrogen) atoms. The number of carbonyl (C=O) groups is 1. The number of hydrogen-bond acceptors (Lipinski definition) is 7. The van der Waals surface area contributed by atoms with Gasteiger partial charge in [-0.15, -0.1) is 0 Å². The molecule has 0 radical (unpaired) electrons. The van der Waals surface area contributed by atoms with Gasteiger partial charge >= 0.3 is 0 Å². The predicted octanol–water partition coefficient (Wildman–Crippen LogP) is 4.52. The molecule has 5 rings (SSSR count). The Balaban J connectivity index is 1.27. The molecule has 0 spiro atoms. The molecule has 1 saturated heterocycles. The fraction of sp³-hybridized carbons (Fsp3) is 0.606. The molecule has 1 saturated carbocycles. The summed E-state index contributed by atoms with van der Waals surface area (Å²) in [5.41, 5.74) is 3.48. The van der Waals surface area contributed by atoms with Crippen LogP contribution in [0.25, 0.3) is 0 Å². The van der Waals surface area contributed by atoms with E-state index < -0.39 is 0 Å². The summed E-state index contributed by atoms with van der Waals surface area (Å²) in [4.78, 5) is 15.2. The van der Waals surface area contributed by atoms with Gasteiger partial charge in [0.25, 0.3) is 0 Å². The number of hydrogen-bond donors (Lipinski definition) is 2. The van der Waals surface area contributed by atoms with Crippen molar-refractivity contribution in [1.29, 1.82) is 0 Å². The monoisotopic (exact) mass is 565 g/mol. The Kier molecular flexibility index (Phi) is 10.8. The molecule has 2 aliphatic heterocycles. The minimum Gasteiger partial charge on any atom is -0.497 e. The summed E-state index contributed by atoms with van der Waals surface area (Å²) in [6.07, 6.45) is 6.48. The van der Waals surface area contributed by atoms with Crippen LogP contribution in [0, 0.1) is 11.8 Å². The van der Waals surface area contributed by atoms with Crippen LogP contribution in [-0.2, 0) is 20.9 Å². The van der Waals surface area contributed by atoms with Crippen LogP contribution < -0.4 is 25.0 Å². The van der Waals surface area contributed by atoms with E-state index in [0.717, 1.165) is 62.0 Å². The second-order valence-corrected chi connectivity index (χ2v) is 11.7. The third-order valence-corrected chi connectivity index (χ3v) is 8.89. The largest absolute Gasteiger partial charge is 0.497 e. The number of ether oxygens (including phenoxy) is 4. The van der Waals surface area contributed by atoms with Gasteiger partial charge in [-0.2, -0.15) is 0 Å². The molecule has 8 heteroatoms. The Hall–Kier alpha value is -2.81. The third-order valence-electron chi connectivity index (χ3n) is 8.89. The van der Waals surface area contributed by atoms with Gasteiger partial charge in [0.05, 0.1) is 32.1 Å². The van der Waals surface area contributed by atoms with Crippen LogP contribution in [0.4, 0.5) is 5.69 Å². The molecular weight excluding hydrogens is 518 g/mol. The zero-order valence-electron chi connectivity index (χ0n) is 24.7. The van der Waals surface area contributed by atoms with Crippen molar-refractivity contribution in [1.82, 2.24) is 10.6 Å². The molecule has 2 fully saturated rings. The maximum absolute atomic E-state index is 12.8. The minimum atomic E-state index is -0.0287. The van der Waals surface area contributed by atoms with Gasteiger partial charge in [0, 0.05) is 52.2 Å². The number of anilines is 1. The van der Waals surface area contributed by atoms with E-state index in [-0.39, 0.29) is 23.8 Å². The van der Waals surface area contributed by atoms with E-state index in [9.17, 15) is 4.79 Å². The number of piperidine rings is 1. The number of fused-ring (bicyclic) bond motifs is 1. The first-order valence-electron chi connectivity index (χ1n) is 15.4. The van der Waals surface area contributed by atoms with Crippen molar-refractivity contribution >= 4 is 11.6 Å². The molecule has 224 valence electrons. The molecule has 2 heterocycles. The van der Waals surface area contributed by atoms with Crippen molar-refractivity contribution in [2.45, 2.75) is 57.2 Å². The summed E-state index contributed by atoms with van der Waals surface area (Å²) in [5.74, 6) is 2.88. The molecule has 3 aliphatic rings. The number of carbonyl (C=O) groups excluding carboxylic acids is 1. The first-order valence-corrected chi connectivity index (χ1v) is 15.4. The van der Waals surface area contributed by atoms with Gasteiger partial charge in [0.1, 0.15) is 18.1 Å². The molecular formula is C33H47N3O5. The molecule has 8 nitrogen and oxygen atoms in total. The number of amides is 1. The maximum Gasteiger partial charge on any atom is 0.220 e. The Bertz CT molecular complexity index is 1100. The Morgan fingerprint density at radius 3 is 2.71 bits per heavy atom. The van der Waals surface area contributed by atoms with Crippen LogP contribution in [0.5, 0.6) is 11.5 Å². The van der Waals surface area contributed by atoms with Crippen LogP contribution in [0.15, 0.2) is 42.5 Å². The molecule has 0 aromatic heterocycles. The van der Waals surface area contributed by atoms with Gasteiger partial charge in [-0.05, 0) is 66.5 Å². The van der Waals surface area contributed by atoms with Crippen molar-refractivity contribution in [2.75, 3.05) is 65.1 Å². The summed E-state index contributed by atoms with van der Waals surface area (Å²) in [6, 6.07) is 14.7. The van der Waals surface area contributed by atoms with Gasteiger partial charge in [0.15, 0.2) is 0 Å². The summed E-state index contributed by atoms with van der Waals surface area (Å²) in [5, 5.41) is 6.85. The smallest absolute Gasteiger partial charge is 0.220 e. The number of methoxy groups -OCH3 is 2. The normalized spacial score (nSPS) is 22.7. The summed E-state index contributed by atoms with van der Waals surface area (Å²) in [7, 11) is 3.44. The number of benzene rings is 2. The number of nitrogens with zero attached hydrogens (tertiary/aromatic N) is 1. The quantitative estimate of drug-likeness (QED) is 0.346. The lowest BCUT2D eigenvalue weighted by atomic mass is 9.79. The first kappa shape index (κ1) is 29.7. The molecule has 3 atom stereocenters. The molecule has 2 aromatic carbocycles. The van der Waals surface area contributed by atoms with Crippen molar-refractivity contribution < 1.29 is 23.7 Å². The van der Waals surface area contributed by atoms with Crippen LogP contribution in [0.2, 0.25) is 0 Å². The average Bonchev–Trinajstić information content (AvgIpc) is 3.52. The third kappa shape index (κ3) is 7.93. The first-order chi connectivity index (χ1) is 20.1. The van der Waals surface area contributed by atoms with E-state index >= 15 is 0 Å². The van der Waals surface area contributed by atoms with Crippen LogP contribution in [0.3, 0.4) is 0 Å². The average molecular weight is 566 g/mol. The van der Waals surface area contributed by atoms with Crippen molar-refractivity contribution in [3.05, 3.63) is 53.6 Å². The van der Waals surface area contributed by atoms with E-state index in [1.807, 2.05) is 12.1 Å². The molecule has 2 aromatic rings. The van der Waals surface area contributed by atoms with Gasteiger partial charge < -0.3 is 34.5 Å². The SMILES string of the molecule is COCCCN1CCOc2ccc(CO[C@H]3CNC[C@@H](CNC(=O)CC4CCCC4)[C@@H]3c3ccc(OC)cc3)cc21. The van der Waals surface area contributed by atoms with Crippen molar-refractivity contribution in [3.8, 4) is 11.5 Å². The van der Waals surface area contributed by atoms with Gasteiger partial charge in [0.2, 0.25) is 5.91 Å². The van der Waals surface area contributed by atoms with Gasteiger partial charge in [-0.3, -0.25) is 4.79 Å². The minimum absolute atomic E-state index is 0.0287. The highest BCUT2D eigenvalue weighted by molar-refractivity contribution is 5.76. The van der Waals surface area contributed by atoms with Gasteiger partial charge in [-0.1, -0.05) is 31.0 Å². The molecule has 1 amide bonds. The van der Waals surface area contributed by atoms with Crippen molar-refractivity contribution in [3.63, 3.8) is 0 Å². The Labute approximate surface area is 245 Å². The lowest BCUT2D eigenvalue weighted by Gasteiger charge is -2.39. The second kappa shape index (κ2) is 14.9. The number of rotatable bonds is 13. The zero-order valence-corrected chi connectivity index (χ0v) is 24.7. The van der Waals surface area contributed by atoms with Crippen LogP contribution >= 0.6 is 0 Å². The Morgan fingerprint density at radius 1 is 1.10 bits per heavy atom. The van der Waals surface area contributed by atoms with Crippen LogP contribution in [0.1, 0.15) is 55.6 Å². The maximum atomic E-state index is 12.8. The fourth-order valence-electron chi connectivity index (χ4n) is 6.68. The Morgan fingerprint density at radius 2 is 1.93 bits per heavy atom. The second-order valence-electron chi connectivity index (χ2n) is 11.7. The highest BCUT2D eigenvalue weighted by Gasteiger charge is 2.35. The van der Waals surface area contributed by atoms with Crippen LogP contribution in [-0.4, -0.2) is 72.2 Å². The summed E-state index contributed by atoms with van der Waals surface area (Å²) in [6.45, 7) is 6.02. The van der Waals surface area contributed by atoms with E-state index in [0.29, 0.717) is 32.1 Å². The lowest BCUT2D eigenvalue weighted by molar-refractivity contribution is -0.122. The van der Waals surface area contributed by atoms with Gasteiger partial charge in [-0.25, -0.2) is 0 Å². The zero-order chi connectivity index (χ0) is 28.4. The summed E-state index contributed by atoms with van der Waals surface area (Å²) < 4.78 is 23.3. The van der Waals surface area contributed by atoms with E-state index in [2.05, 4.69) is 45.9 Å². The standard InChI is InChI=1S/C33H47N3O5/c1-38-16-5-14-36-15-17-40-30-13-8-25(18-29(30)36)23-41-31-22-34-20-27(21-35-32(37)19-24-6-3-4-7-24)33(31)26-9-11-28(39-2)12-10-26/h8-13,18,24,27,31,33-34H,3-7,14-17,19-23H2,1-2H3,(H,35,37)/t27-,31-,33-/m0/s1. The van der Waals surface area contributed by atoms with Crippen molar-refractivity contribution in [2.24, 2.45) is 11.8 Å². The summed E-state index contributed by atoms with van der Waals surface area (Å²) >= 11 is 0. The number of nitrogens with one attached hydrogen (secondary N) is 2.